The maximum atomic E-state index is 10.7. The summed E-state index contributed by atoms with van der Waals surface area (Å²) in [5, 5.41) is 11.9. The average molecular weight is 347 g/mol. The number of amides is 1. The molecule has 1 heterocycles. The second-order valence-corrected chi connectivity index (χ2v) is 6.22. The number of rotatable bonds is 4. The van der Waals surface area contributed by atoms with Crippen molar-refractivity contribution < 1.29 is 14.6 Å². The summed E-state index contributed by atoms with van der Waals surface area (Å²) in [5.41, 5.74) is 3.02. The van der Waals surface area contributed by atoms with Crippen molar-refractivity contribution >= 4 is 29.1 Å². The molecule has 24 heavy (non-hydrogen) atoms. The summed E-state index contributed by atoms with van der Waals surface area (Å²) in [4.78, 5) is 12.8. The Morgan fingerprint density at radius 2 is 2.12 bits per heavy atom. The van der Waals surface area contributed by atoms with Gasteiger partial charge in [0.15, 0.2) is 0 Å². The number of anilines is 2. The van der Waals surface area contributed by atoms with Crippen LogP contribution < -0.4 is 15.0 Å². The largest absolute Gasteiger partial charge is 0.493 e. The number of nitrogens with one attached hydrogen (secondary N) is 1. The Labute approximate surface area is 145 Å². The van der Waals surface area contributed by atoms with Crippen LogP contribution in [0.25, 0.3) is 0 Å². The van der Waals surface area contributed by atoms with E-state index in [1.807, 2.05) is 54.4 Å². The minimum Gasteiger partial charge on any atom is -0.493 e. The van der Waals surface area contributed by atoms with Gasteiger partial charge in [-0.15, -0.1) is 0 Å². The van der Waals surface area contributed by atoms with Crippen molar-refractivity contribution in [1.29, 1.82) is 0 Å². The number of nitrogens with zero attached hydrogens (tertiary/aromatic N) is 1. The summed E-state index contributed by atoms with van der Waals surface area (Å²) >= 11 is 6.06. The second-order valence-electron chi connectivity index (χ2n) is 5.78. The number of fused-ring (bicyclic) bond motifs is 1. The van der Waals surface area contributed by atoms with E-state index in [9.17, 15) is 4.79 Å². The van der Waals surface area contributed by atoms with E-state index in [0.29, 0.717) is 18.2 Å². The molecule has 3 rings (SSSR count). The second kappa shape index (κ2) is 7.01. The standard InChI is InChI=1S/C18H19ClN2O3/c1-21(14-4-2-3-13(19)9-14)15-5-6-16-12(11-20-18(22)23)7-8-24-17(16)10-15/h2-6,9-10,12,20H,7-8,11H2,1H3,(H,22,23)/t12-/m0/s1. The molecule has 0 spiro atoms. The summed E-state index contributed by atoms with van der Waals surface area (Å²) < 4.78 is 5.78. The van der Waals surface area contributed by atoms with E-state index in [1.165, 1.54) is 0 Å². The topological polar surface area (TPSA) is 61.8 Å². The fourth-order valence-electron chi connectivity index (χ4n) is 2.92. The number of carbonyl (C=O) groups is 1. The minimum atomic E-state index is -1.000. The van der Waals surface area contributed by atoms with Crippen molar-refractivity contribution in [2.75, 3.05) is 25.1 Å². The molecule has 0 aromatic heterocycles. The summed E-state index contributed by atoms with van der Waals surface area (Å²) in [6.07, 6.45) is -0.197. The molecule has 1 amide bonds. The van der Waals surface area contributed by atoms with Crippen molar-refractivity contribution in [2.24, 2.45) is 0 Å². The molecule has 2 aromatic rings. The number of ether oxygens (including phenoxy) is 1. The van der Waals surface area contributed by atoms with E-state index in [1.54, 1.807) is 0 Å². The van der Waals surface area contributed by atoms with Crippen LogP contribution in [0.3, 0.4) is 0 Å². The SMILES string of the molecule is CN(c1cccc(Cl)c1)c1ccc2c(c1)OCC[C@H]2CNC(=O)O. The number of benzene rings is 2. The van der Waals surface area contributed by atoms with Crippen LogP contribution >= 0.6 is 11.6 Å². The first kappa shape index (κ1) is 16.5. The molecule has 0 fully saturated rings. The lowest BCUT2D eigenvalue weighted by molar-refractivity contribution is 0.191. The number of carboxylic acid groups (broad SMARTS) is 1. The molecule has 6 heteroatoms. The molecule has 0 aliphatic carbocycles. The van der Waals surface area contributed by atoms with E-state index in [0.717, 1.165) is 29.1 Å². The van der Waals surface area contributed by atoms with Crippen LogP contribution in [0.15, 0.2) is 42.5 Å². The molecule has 0 saturated carbocycles. The van der Waals surface area contributed by atoms with E-state index >= 15 is 0 Å². The highest BCUT2D eigenvalue weighted by Gasteiger charge is 2.22. The fourth-order valence-corrected chi connectivity index (χ4v) is 3.10. The first-order chi connectivity index (χ1) is 11.5. The summed E-state index contributed by atoms with van der Waals surface area (Å²) in [5.74, 6) is 0.945. The Hall–Kier alpha value is -2.40. The molecular weight excluding hydrogens is 328 g/mol. The quantitative estimate of drug-likeness (QED) is 0.869. The Morgan fingerprint density at radius 3 is 2.88 bits per heavy atom. The molecule has 2 aromatic carbocycles. The first-order valence-corrected chi connectivity index (χ1v) is 8.15. The van der Waals surface area contributed by atoms with Crippen molar-refractivity contribution in [1.82, 2.24) is 5.32 Å². The van der Waals surface area contributed by atoms with Crippen LogP contribution in [0.4, 0.5) is 16.2 Å². The highest BCUT2D eigenvalue weighted by molar-refractivity contribution is 6.30. The van der Waals surface area contributed by atoms with Crippen LogP contribution in [0.1, 0.15) is 17.9 Å². The Morgan fingerprint density at radius 1 is 1.33 bits per heavy atom. The summed E-state index contributed by atoms with van der Waals surface area (Å²) in [6, 6.07) is 13.7. The smallest absolute Gasteiger partial charge is 0.404 e. The molecule has 126 valence electrons. The monoisotopic (exact) mass is 346 g/mol. The minimum absolute atomic E-state index is 0.135. The van der Waals surface area contributed by atoms with Gasteiger partial charge in [-0.25, -0.2) is 4.79 Å². The number of hydrogen-bond acceptors (Lipinski definition) is 3. The maximum absolute atomic E-state index is 10.7. The van der Waals surface area contributed by atoms with Crippen LogP contribution in [0, 0.1) is 0 Å². The van der Waals surface area contributed by atoms with Gasteiger partial charge in [-0.1, -0.05) is 23.7 Å². The van der Waals surface area contributed by atoms with Gasteiger partial charge in [0.2, 0.25) is 0 Å². The van der Waals surface area contributed by atoms with Gasteiger partial charge in [0.1, 0.15) is 5.75 Å². The lowest BCUT2D eigenvalue weighted by atomic mass is 9.92. The van der Waals surface area contributed by atoms with Crippen LogP contribution in [-0.2, 0) is 0 Å². The van der Waals surface area contributed by atoms with E-state index < -0.39 is 6.09 Å². The molecular formula is C18H19ClN2O3. The Kier molecular flexibility index (Phi) is 4.81. The predicted molar refractivity (Wildman–Crippen MR) is 94.8 cm³/mol. The Balaban J connectivity index is 1.84. The molecule has 0 bridgehead atoms. The van der Waals surface area contributed by atoms with E-state index in [2.05, 4.69) is 5.32 Å². The lowest BCUT2D eigenvalue weighted by Gasteiger charge is -2.28. The molecule has 2 N–H and O–H groups in total. The van der Waals surface area contributed by atoms with Crippen LogP contribution in [0.5, 0.6) is 5.75 Å². The fraction of sp³-hybridized carbons (Fsp3) is 0.278. The molecule has 0 saturated heterocycles. The van der Waals surface area contributed by atoms with Crippen molar-refractivity contribution in [2.45, 2.75) is 12.3 Å². The van der Waals surface area contributed by atoms with Crippen molar-refractivity contribution in [3.05, 3.63) is 53.1 Å². The summed E-state index contributed by atoms with van der Waals surface area (Å²) in [6.45, 7) is 0.985. The van der Waals surface area contributed by atoms with Gasteiger partial charge in [0.25, 0.3) is 0 Å². The predicted octanol–water partition coefficient (Wildman–Crippen LogP) is 4.24. The van der Waals surface area contributed by atoms with Gasteiger partial charge < -0.3 is 20.1 Å². The van der Waals surface area contributed by atoms with Crippen molar-refractivity contribution in [3.8, 4) is 5.75 Å². The van der Waals surface area contributed by atoms with Crippen molar-refractivity contribution in [3.63, 3.8) is 0 Å². The lowest BCUT2D eigenvalue weighted by Crippen LogP contribution is -2.29. The van der Waals surface area contributed by atoms with Gasteiger partial charge in [0.05, 0.1) is 6.61 Å². The molecule has 1 aliphatic rings. The van der Waals surface area contributed by atoms with Crippen LogP contribution in [0.2, 0.25) is 5.02 Å². The van der Waals surface area contributed by atoms with Gasteiger partial charge in [-0.05, 0) is 36.2 Å². The molecule has 1 atom stereocenters. The van der Waals surface area contributed by atoms with Gasteiger partial charge >= 0.3 is 6.09 Å². The summed E-state index contributed by atoms with van der Waals surface area (Å²) in [7, 11) is 1.97. The van der Waals surface area contributed by atoms with E-state index in [4.69, 9.17) is 21.4 Å². The zero-order valence-corrected chi connectivity index (χ0v) is 14.1. The molecule has 0 unspecified atom stereocenters. The first-order valence-electron chi connectivity index (χ1n) is 7.77. The normalized spacial score (nSPS) is 16.0. The zero-order valence-electron chi connectivity index (χ0n) is 13.3. The van der Waals surface area contributed by atoms with E-state index in [-0.39, 0.29) is 5.92 Å². The molecule has 1 aliphatic heterocycles. The zero-order chi connectivity index (χ0) is 17.1. The molecule has 5 nitrogen and oxygen atoms in total. The highest BCUT2D eigenvalue weighted by atomic mass is 35.5. The molecule has 0 radical (unpaired) electrons. The maximum Gasteiger partial charge on any atom is 0.404 e. The number of halogens is 1. The third-order valence-electron chi connectivity index (χ3n) is 4.24. The van der Waals surface area contributed by atoms with Crippen LogP contribution in [-0.4, -0.2) is 31.4 Å². The van der Waals surface area contributed by atoms with Gasteiger partial charge in [-0.2, -0.15) is 0 Å². The average Bonchev–Trinajstić information content (AvgIpc) is 2.58. The Bertz CT molecular complexity index is 751. The highest BCUT2D eigenvalue weighted by Crippen LogP contribution is 2.37. The third kappa shape index (κ3) is 3.57. The van der Waals surface area contributed by atoms with Gasteiger partial charge in [-0.3, -0.25) is 0 Å². The number of hydrogen-bond donors (Lipinski definition) is 2. The third-order valence-corrected chi connectivity index (χ3v) is 4.48. The van der Waals surface area contributed by atoms with Gasteiger partial charge in [0, 0.05) is 42.0 Å².